The smallest absolute Gasteiger partial charge is 0.221 e. The van der Waals surface area contributed by atoms with Gasteiger partial charge in [-0.3, -0.25) is 4.79 Å². The Bertz CT molecular complexity index is 710. The van der Waals surface area contributed by atoms with E-state index in [-0.39, 0.29) is 17.7 Å². The summed E-state index contributed by atoms with van der Waals surface area (Å²) in [5.74, 6) is 1.10. The zero-order valence-corrected chi connectivity index (χ0v) is 15.2. The highest BCUT2D eigenvalue weighted by Crippen LogP contribution is 2.29. The molecule has 0 aromatic heterocycles. The van der Waals surface area contributed by atoms with E-state index in [1.807, 2.05) is 42.5 Å². The first-order valence-electron chi connectivity index (χ1n) is 8.64. The third-order valence-electron chi connectivity index (χ3n) is 3.94. The molecule has 2 aromatic carbocycles. The molecule has 0 unspecified atom stereocenters. The van der Waals surface area contributed by atoms with Crippen molar-refractivity contribution in [2.75, 3.05) is 13.2 Å². The molecule has 0 radical (unpaired) electrons. The van der Waals surface area contributed by atoms with E-state index in [9.17, 15) is 4.79 Å². The highest BCUT2D eigenvalue weighted by molar-refractivity contribution is 5.76. The fourth-order valence-corrected chi connectivity index (χ4v) is 2.59. The molecule has 0 aliphatic heterocycles. The Kier molecular flexibility index (Phi) is 6.59. The van der Waals surface area contributed by atoms with E-state index in [1.54, 1.807) is 0 Å². The molecule has 4 nitrogen and oxygen atoms in total. The summed E-state index contributed by atoms with van der Waals surface area (Å²) >= 11 is 0. The molecule has 0 aliphatic rings. The highest BCUT2D eigenvalue weighted by atomic mass is 16.5. The second-order valence-corrected chi connectivity index (χ2v) is 6.86. The first-order valence-corrected chi connectivity index (χ1v) is 8.64. The van der Waals surface area contributed by atoms with Crippen LogP contribution in [0.3, 0.4) is 0 Å². The third-order valence-corrected chi connectivity index (χ3v) is 3.94. The third kappa shape index (κ3) is 5.91. The molecule has 2 N–H and O–H groups in total. The Hall–Kier alpha value is -2.33. The second kappa shape index (κ2) is 8.67. The van der Waals surface area contributed by atoms with E-state index in [0.717, 1.165) is 29.9 Å². The van der Waals surface area contributed by atoms with Crippen molar-refractivity contribution in [1.82, 2.24) is 0 Å². The van der Waals surface area contributed by atoms with Crippen LogP contribution in [0.15, 0.2) is 48.5 Å². The molecule has 1 amide bonds. The molecule has 0 heterocycles. The van der Waals surface area contributed by atoms with E-state index in [2.05, 4.69) is 26.8 Å². The van der Waals surface area contributed by atoms with Crippen molar-refractivity contribution >= 4 is 5.91 Å². The fourth-order valence-electron chi connectivity index (χ4n) is 2.59. The SMILES string of the molecule is CCCOCC(C)(C)c1cccc(Oc2cccc(CC(N)=O)c2)c1. The number of hydrogen-bond donors (Lipinski definition) is 1. The van der Waals surface area contributed by atoms with Gasteiger partial charge in [0, 0.05) is 12.0 Å². The van der Waals surface area contributed by atoms with E-state index in [4.69, 9.17) is 15.2 Å². The lowest BCUT2D eigenvalue weighted by atomic mass is 9.85. The minimum Gasteiger partial charge on any atom is -0.457 e. The number of rotatable bonds is 9. The lowest BCUT2D eigenvalue weighted by Gasteiger charge is -2.25. The maximum atomic E-state index is 11.1. The van der Waals surface area contributed by atoms with Gasteiger partial charge in [-0.25, -0.2) is 0 Å². The Morgan fingerprint density at radius 1 is 1.08 bits per heavy atom. The van der Waals surface area contributed by atoms with E-state index >= 15 is 0 Å². The summed E-state index contributed by atoms with van der Waals surface area (Å²) in [6.07, 6.45) is 1.22. The summed E-state index contributed by atoms with van der Waals surface area (Å²) in [4.78, 5) is 11.1. The van der Waals surface area contributed by atoms with Gasteiger partial charge in [-0.15, -0.1) is 0 Å². The lowest BCUT2D eigenvalue weighted by Crippen LogP contribution is -2.24. The standard InChI is InChI=1S/C21H27NO3/c1-4-11-24-15-21(2,3)17-8-6-10-19(14-17)25-18-9-5-7-16(12-18)13-20(22)23/h5-10,12,14H,4,11,13,15H2,1-3H3,(H2,22,23). The van der Waals surface area contributed by atoms with Crippen LogP contribution in [-0.4, -0.2) is 19.1 Å². The molecule has 0 spiro atoms. The predicted octanol–water partition coefficient (Wildman–Crippen LogP) is 4.21. The van der Waals surface area contributed by atoms with E-state index in [0.29, 0.717) is 12.4 Å². The molecular weight excluding hydrogens is 314 g/mol. The molecule has 2 aromatic rings. The number of benzene rings is 2. The van der Waals surface area contributed by atoms with Gasteiger partial charge in [-0.1, -0.05) is 45.0 Å². The van der Waals surface area contributed by atoms with Crippen molar-refractivity contribution in [3.05, 3.63) is 59.7 Å². The van der Waals surface area contributed by atoms with Crippen LogP contribution in [-0.2, 0) is 21.4 Å². The normalized spacial score (nSPS) is 11.3. The molecule has 4 heteroatoms. The van der Waals surface area contributed by atoms with Crippen molar-refractivity contribution in [2.45, 2.75) is 39.0 Å². The Labute approximate surface area is 150 Å². The Balaban J connectivity index is 2.12. The second-order valence-electron chi connectivity index (χ2n) is 6.86. The van der Waals surface area contributed by atoms with Gasteiger partial charge < -0.3 is 15.2 Å². The highest BCUT2D eigenvalue weighted by Gasteiger charge is 2.21. The molecule has 134 valence electrons. The number of amides is 1. The maximum Gasteiger partial charge on any atom is 0.221 e. The average molecular weight is 341 g/mol. The van der Waals surface area contributed by atoms with Crippen LogP contribution < -0.4 is 10.5 Å². The zero-order valence-electron chi connectivity index (χ0n) is 15.2. The minimum absolute atomic E-state index is 0.0949. The number of carbonyl (C=O) groups excluding carboxylic acids is 1. The minimum atomic E-state index is -0.354. The van der Waals surface area contributed by atoms with Gasteiger partial charge in [0.2, 0.25) is 5.91 Å². The molecule has 0 aliphatic carbocycles. The van der Waals surface area contributed by atoms with Crippen LogP contribution >= 0.6 is 0 Å². The van der Waals surface area contributed by atoms with E-state index < -0.39 is 0 Å². The van der Waals surface area contributed by atoms with Crippen molar-refractivity contribution in [3.8, 4) is 11.5 Å². The summed E-state index contributed by atoms with van der Waals surface area (Å²) < 4.78 is 11.7. The van der Waals surface area contributed by atoms with Gasteiger partial charge in [-0.2, -0.15) is 0 Å². The quantitative estimate of drug-likeness (QED) is 0.695. The average Bonchev–Trinajstić information content (AvgIpc) is 2.55. The van der Waals surface area contributed by atoms with Gasteiger partial charge in [-0.05, 0) is 41.8 Å². The molecule has 0 fully saturated rings. The van der Waals surface area contributed by atoms with Gasteiger partial charge >= 0.3 is 0 Å². The number of ether oxygens (including phenoxy) is 2. The monoisotopic (exact) mass is 341 g/mol. The maximum absolute atomic E-state index is 11.1. The number of nitrogens with two attached hydrogens (primary N) is 1. The van der Waals surface area contributed by atoms with Crippen molar-refractivity contribution in [3.63, 3.8) is 0 Å². The van der Waals surface area contributed by atoms with Gasteiger partial charge in [0.15, 0.2) is 0 Å². The van der Waals surface area contributed by atoms with Gasteiger partial charge in [0.25, 0.3) is 0 Å². The van der Waals surface area contributed by atoms with E-state index in [1.165, 1.54) is 0 Å². The lowest BCUT2D eigenvalue weighted by molar-refractivity contribution is -0.117. The molecule has 0 bridgehead atoms. The Morgan fingerprint density at radius 3 is 2.44 bits per heavy atom. The summed E-state index contributed by atoms with van der Waals surface area (Å²) in [5.41, 5.74) is 7.16. The molecule has 0 saturated heterocycles. The topological polar surface area (TPSA) is 61.6 Å². The van der Waals surface area contributed by atoms with Crippen LogP contribution in [0.5, 0.6) is 11.5 Å². The van der Waals surface area contributed by atoms with Crippen LogP contribution in [0.1, 0.15) is 38.3 Å². The molecular formula is C21H27NO3. The number of carbonyl (C=O) groups is 1. The first kappa shape index (κ1) is 19.0. The van der Waals surface area contributed by atoms with Crippen LogP contribution in [0.2, 0.25) is 0 Å². The zero-order chi connectivity index (χ0) is 18.3. The van der Waals surface area contributed by atoms with Crippen LogP contribution in [0, 0.1) is 0 Å². The molecule has 2 rings (SSSR count). The number of primary amides is 1. The largest absolute Gasteiger partial charge is 0.457 e. The summed E-state index contributed by atoms with van der Waals surface area (Å²) in [5, 5.41) is 0. The van der Waals surface area contributed by atoms with Gasteiger partial charge in [0.1, 0.15) is 11.5 Å². The summed E-state index contributed by atoms with van der Waals surface area (Å²) in [7, 11) is 0. The van der Waals surface area contributed by atoms with Crippen molar-refractivity contribution in [2.24, 2.45) is 5.73 Å². The molecule has 0 atom stereocenters. The first-order chi connectivity index (χ1) is 11.9. The van der Waals surface area contributed by atoms with Crippen molar-refractivity contribution < 1.29 is 14.3 Å². The molecule has 25 heavy (non-hydrogen) atoms. The Morgan fingerprint density at radius 2 is 1.76 bits per heavy atom. The summed E-state index contributed by atoms with van der Waals surface area (Å²) in [6.45, 7) is 7.86. The predicted molar refractivity (Wildman–Crippen MR) is 100.0 cm³/mol. The fraction of sp³-hybridized carbons (Fsp3) is 0.381. The van der Waals surface area contributed by atoms with Gasteiger partial charge in [0.05, 0.1) is 13.0 Å². The van der Waals surface area contributed by atoms with Crippen LogP contribution in [0.25, 0.3) is 0 Å². The van der Waals surface area contributed by atoms with Crippen LogP contribution in [0.4, 0.5) is 0 Å². The molecule has 0 saturated carbocycles. The summed E-state index contributed by atoms with van der Waals surface area (Å²) in [6, 6.07) is 15.5. The van der Waals surface area contributed by atoms with Crippen molar-refractivity contribution in [1.29, 1.82) is 0 Å². The number of hydrogen-bond acceptors (Lipinski definition) is 3.